The summed E-state index contributed by atoms with van der Waals surface area (Å²) in [4.78, 5) is 23.7. The molecule has 0 radical (unpaired) electrons. The van der Waals surface area contributed by atoms with E-state index in [2.05, 4.69) is 16.2 Å². The number of ether oxygens (including phenoxy) is 2. The van der Waals surface area contributed by atoms with Crippen molar-refractivity contribution in [2.45, 2.75) is 6.92 Å². The van der Waals surface area contributed by atoms with Crippen molar-refractivity contribution in [3.8, 4) is 11.5 Å². The second-order valence-corrected chi connectivity index (χ2v) is 6.08. The zero-order valence-corrected chi connectivity index (χ0v) is 16.3. The molecule has 0 saturated carbocycles. The lowest BCUT2D eigenvalue weighted by Crippen LogP contribution is -2.49. The van der Waals surface area contributed by atoms with Gasteiger partial charge in [-0.05, 0) is 42.9 Å². The molecule has 2 aromatic rings. The van der Waals surface area contributed by atoms with Crippen molar-refractivity contribution in [2.24, 2.45) is 0 Å². The molecule has 0 bridgehead atoms. The van der Waals surface area contributed by atoms with E-state index in [-0.39, 0.29) is 11.7 Å². The second-order valence-electron chi connectivity index (χ2n) is 5.68. The molecular weight excluding hydrogens is 378 g/mol. The number of nitrogens with one attached hydrogen (secondary N) is 3. The van der Waals surface area contributed by atoms with Crippen LogP contribution in [-0.2, 0) is 9.59 Å². The maximum atomic E-state index is 11.8. The molecular formula is C20H21N3O4S. The number of hydrazine groups is 1. The highest BCUT2D eigenvalue weighted by atomic mass is 32.1. The number of benzene rings is 2. The summed E-state index contributed by atoms with van der Waals surface area (Å²) in [5.41, 5.74) is 6.81. The van der Waals surface area contributed by atoms with Gasteiger partial charge in [0.2, 0.25) is 5.91 Å². The zero-order valence-electron chi connectivity index (χ0n) is 15.5. The van der Waals surface area contributed by atoms with Crippen molar-refractivity contribution in [1.82, 2.24) is 16.2 Å². The third-order valence-corrected chi connectivity index (χ3v) is 3.69. The fourth-order valence-electron chi connectivity index (χ4n) is 2.08. The van der Waals surface area contributed by atoms with Gasteiger partial charge in [-0.15, -0.1) is 0 Å². The van der Waals surface area contributed by atoms with Crippen LogP contribution in [0.5, 0.6) is 11.5 Å². The molecule has 0 aliphatic rings. The molecule has 0 unspecified atom stereocenters. The van der Waals surface area contributed by atoms with Crippen LogP contribution >= 0.6 is 12.2 Å². The van der Waals surface area contributed by atoms with E-state index in [1.165, 1.54) is 13.2 Å². The first-order valence-electron chi connectivity index (χ1n) is 8.38. The first-order chi connectivity index (χ1) is 13.5. The summed E-state index contributed by atoms with van der Waals surface area (Å²) in [5, 5.41) is 2.39. The minimum Gasteiger partial charge on any atom is -0.493 e. The zero-order chi connectivity index (χ0) is 20.4. The monoisotopic (exact) mass is 399 g/mol. The minimum absolute atomic E-state index is 0.0378. The van der Waals surface area contributed by atoms with Crippen molar-refractivity contribution < 1.29 is 19.1 Å². The Morgan fingerprint density at radius 3 is 2.39 bits per heavy atom. The topological polar surface area (TPSA) is 88.7 Å². The maximum Gasteiger partial charge on any atom is 0.276 e. The smallest absolute Gasteiger partial charge is 0.276 e. The Labute approximate surface area is 168 Å². The van der Waals surface area contributed by atoms with E-state index in [0.717, 1.165) is 11.1 Å². The summed E-state index contributed by atoms with van der Waals surface area (Å²) in [6.45, 7) is 1.73. The average Bonchev–Trinajstić information content (AvgIpc) is 2.70. The Morgan fingerprint density at radius 2 is 1.71 bits per heavy atom. The van der Waals surface area contributed by atoms with Gasteiger partial charge >= 0.3 is 0 Å². The Hall–Kier alpha value is -3.39. The molecule has 0 heterocycles. The van der Waals surface area contributed by atoms with Crippen LogP contribution in [-0.4, -0.2) is 30.6 Å². The highest BCUT2D eigenvalue weighted by Gasteiger charge is 2.07. The van der Waals surface area contributed by atoms with Crippen molar-refractivity contribution in [1.29, 1.82) is 0 Å². The van der Waals surface area contributed by atoms with Gasteiger partial charge in [0.1, 0.15) is 0 Å². The quantitative estimate of drug-likeness (QED) is 0.392. The average molecular weight is 399 g/mol. The van der Waals surface area contributed by atoms with Crippen LogP contribution in [0.15, 0.2) is 54.6 Å². The van der Waals surface area contributed by atoms with E-state index < -0.39 is 11.8 Å². The first kappa shape index (κ1) is 20.9. The number of hydrogen-bond acceptors (Lipinski definition) is 5. The lowest BCUT2D eigenvalue weighted by molar-refractivity contribution is -0.123. The highest BCUT2D eigenvalue weighted by Crippen LogP contribution is 2.25. The van der Waals surface area contributed by atoms with Crippen LogP contribution in [0.4, 0.5) is 0 Å². The molecule has 3 N–H and O–H groups in total. The van der Waals surface area contributed by atoms with Crippen molar-refractivity contribution in [2.75, 3.05) is 13.7 Å². The van der Waals surface area contributed by atoms with Crippen molar-refractivity contribution in [3.05, 3.63) is 65.7 Å². The summed E-state index contributed by atoms with van der Waals surface area (Å²) in [6, 6.07) is 14.7. The third-order valence-electron chi connectivity index (χ3n) is 3.48. The van der Waals surface area contributed by atoms with Gasteiger partial charge in [0.25, 0.3) is 5.91 Å². The van der Waals surface area contributed by atoms with Gasteiger partial charge < -0.3 is 9.47 Å². The van der Waals surface area contributed by atoms with Gasteiger partial charge in [0.05, 0.1) is 7.11 Å². The molecule has 7 nitrogen and oxygen atoms in total. The summed E-state index contributed by atoms with van der Waals surface area (Å²) >= 11 is 4.96. The molecule has 0 saturated heterocycles. The normalized spacial score (nSPS) is 10.2. The first-order valence-corrected chi connectivity index (χ1v) is 8.79. The standard InChI is InChI=1S/C20H21N3O4S/c1-14-7-9-15(10-8-14)11-12-18(24)21-20(28)23-22-19(25)13-27-17-6-4-3-5-16(17)26-2/h3-12H,13H2,1-2H3,(H,22,25)(H2,21,23,24,28)/b12-11+. The number of rotatable bonds is 6. The largest absolute Gasteiger partial charge is 0.493 e. The van der Waals surface area contributed by atoms with Gasteiger partial charge in [-0.1, -0.05) is 42.0 Å². The van der Waals surface area contributed by atoms with Gasteiger partial charge in [0, 0.05) is 6.08 Å². The third kappa shape index (κ3) is 7.08. The fourth-order valence-corrected chi connectivity index (χ4v) is 2.23. The van der Waals surface area contributed by atoms with Crippen molar-refractivity contribution in [3.63, 3.8) is 0 Å². The SMILES string of the molecule is COc1ccccc1OCC(=O)NNC(=S)NC(=O)/C=C/c1ccc(C)cc1. The molecule has 0 aliphatic carbocycles. The summed E-state index contributed by atoms with van der Waals surface area (Å²) in [7, 11) is 1.51. The molecule has 0 aliphatic heterocycles. The number of carbonyl (C=O) groups is 2. The number of para-hydroxylation sites is 2. The lowest BCUT2D eigenvalue weighted by atomic mass is 10.1. The molecule has 8 heteroatoms. The van der Waals surface area contributed by atoms with Crippen LogP contribution in [0.1, 0.15) is 11.1 Å². The Balaban J connectivity index is 1.71. The molecule has 2 rings (SSSR count). The number of carbonyl (C=O) groups excluding carboxylic acids is 2. The molecule has 0 aromatic heterocycles. The minimum atomic E-state index is -0.474. The molecule has 0 fully saturated rings. The Kier molecular flexibility index (Phi) is 7.98. The maximum absolute atomic E-state index is 11.8. The summed E-state index contributed by atoms with van der Waals surface area (Å²) in [5.74, 6) is 0.0685. The molecule has 0 spiro atoms. The second kappa shape index (κ2) is 10.7. The van der Waals surface area contributed by atoms with E-state index >= 15 is 0 Å². The summed E-state index contributed by atoms with van der Waals surface area (Å²) < 4.78 is 10.5. The number of amides is 2. The van der Waals surface area contributed by atoms with Gasteiger partial charge in [-0.2, -0.15) is 0 Å². The molecule has 146 valence electrons. The van der Waals surface area contributed by atoms with Gasteiger partial charge in [0.15, 0.2) is 23.2 Å². The van der Waals surface area contributed by atoms with Crippen molar-refractivity contribution >= 4 is 35.2 Å². The number of thiocarbonyl (C=S) groups is 1. The highest BCUT2D eigenvalue weighted by molar-refractivity contribution is 7.80. The predicted molar refractivity (Wildman–Crippen MR) is 111 cm³/mol. The van der Waals surface area contributed by atoms with Crippen LogP contribution in [0.2, 0.25) is 0 Å². The van der Waals surface area contributed by atoms with E-state index in [0.29, 0.717) is 11.5 Å². The van der Waals surface area contributed by atoms with E-state index in [1.54, 1.807) is 30.3 Å². The molecule has 0 atom stereocenters. The van der Waals surface area contributed by atoms with Crippen LogP contribution in [0.3, 0.4) is 0 Å². The predicted octanol–water partition coefficient (Wildman–Crippen LogP) is 2.12. The lowest BCUT2D eigenvalue weighted by Gasteiger charge is -2.12. The van der Waals surface area contributed by atoms with E-state index in [1.807, 2.05) is 31.2 Å². The molecule has 2 aromatic carbocycles. The molecule has 2 amide bonds. The Morgan fingerprint density at radius 1 is 1.04 bits per heavy atom. The van der Waals surface area contributed by atoms with Crippen LogP contribution in [0.25, 0.3) is 6.08 Å². The molecule has 28 heavy (non-hydrogen) atoms. The number of hydrogen-bond donors (Lipinski definition) is 3. The van der Waals surface area contributed by atoms with Gasteiger partial charge in [-0.25, -0.2) is 0 Å². The number of methoxy groups -OCH3 is 1. The van der Waals surface area contributed by atoms with E-state index in [9.17, 15) is 9.59 Å². The summed E-state index contributed by atoms with van der Waals surface area (Å²) in [6.07, 6.45) is 3.02. The number of aryl methyl sites for hydroxylation is 1. The van der Waals surface area contributed by atoms with Crippen LogP contribution < -0.4 is 25.6 Å². The van der Waals surface area contributed by atoms with Crippen LogP contribution in [0, 0.1) is 6.92 Å². The van der Waals surface area contributed by atoms with Gasteiger partial charge in [-0.3, -0.25) is 25.8 Å². The fraction of sp³-hybridized carbons (Fsp3) is 0.150. The Bertz CT molecular complexity index is 866. The van der Waals surface area contributed by atoms with E-state index in [4.69, 9.17) is 21.7 Å².